The number of phenolic OH excluding ortho intramolecular Hbond substituents is 1. The molecule has 0 spiro atoms. The van der Waals surface area contributed by atoms with Crippen LogP contribution in [0.3, 0.4) is 0 Å². The molecule has 0 atom stereocenters. The Hall–Kier alpha value is -2.55. The molecule has 0 aromatic heterocycles. The lowest BCUT2D eigenvalue weighted by Gasteiger charge is -2.28. The number of hydrogen-bond acceptors (Lipinski definition) is 2. The molecule has 1 heterocycles. The topological polar surface area (TPSA) is 40.5 Å². The molecular formula is C24H29NO2. The summed E-state index contributed by atoms with van der Waals surface area (Å²) in [6.45, 7) is 12.6. The van der Waals surface area contributed by atoms with Gasteiger partial charge in [0.25, 0.3) is 5.91 Å². The highest BCUT2D eigenvalue weighted by atomic mass is 16.3. The largest absolute Gasteiger partial charge is 0.507 e. The fourth-order valence-electron chi connectivity index (χ4n) is 3.59. The number of fused-ring (bicyclic) bond motifs is 1. The number of anilines is 1. The lowest BCUT2D eigenvalue weighted by molar-refractivity contribution is -0.112. The Bertz CT molecular complexity index is 905. The second-order valence-electron chi connectivity index (χ2n) is 9.40. The molecule has 0 aliphatic carbocycles. The Kier molecular flexibility index (Phi) is 4.46. The van der Waals surface area contributed by atoms with E-state index in [4.69, 9.17) is 0 Å². The molecule has 142 valence electrons. The molecule has 2 aromatic carbocycles. The van der Waals surface area contributed by atoms with Crippen LogP contribution in [-0.4, -0.2) is 18.1 Å². The zero-order valence-electron chi connectivity index (χ0n) is 17.3. The van der Waals surface area contributed by atoms with Crippen molar-refractivity contribution in [2.45, 2.75) is 52.4 Å². The maximum absolute atomic E-state index is 12.8. The Morgan fingerprint density at radius 3 is 1.96 bits per heavy atom. The van der Waals surface area contributed by atoms with Gasteiger partial charge in [-0.15, -0.1) is 0 Å². The molecule has 1 aliphatic heterocycles. The number of likely N-dealkylation sites (N-methyl/N-ethyl adjacent to an activating group) is 1. The van der Waals surface area contributed by atoms with Crippen molar-refractivity contribution in [2.75, 3.05) is 11.9 Å². The van der Waals surface area contributed by atoms with Gasteiger partial charge in [-0.1, -0.05) is 59.7 Å². The Morgan fingerprint density at radius 2 is 1.44 bits per heavy atom. The minimum atomic E-state index is -0.201. The Morgan fingerprint density at radius 1 is 0.926 bits per heavy atom. The number of rotatable bonds is 1. The van der Waals surface area contributed by atoms with Gasteiger partial charge in [0, 0.05) is 29.3 Å². The first kappa shape index (κ1) is 19.2. The van der Waals surface area contributed by atoms with Gasteiger partial charge in [0.2, 0.25) is 0 Å². The maximum Gasteiger partial charge on any atom is 0.258 e. The van der Waals surface area contributed by atoms with E-state index in [2.05, 4.69) is 41.5 Å². The van der Waals surface area contributed by atoms with Gasteiger partial charge in [0.05, 0.1) is 5.69 Å². The fourth-order valence-corrected chi connectivity index (χ4v) is 3.59. The fraction of sp³-hybridized carbons (Fsp3) is 0.375. The van der Waals surface area contributed by atoms with Crippen molar-refractivity contribution in [3.63, 3.8) is 0 Å². The Labute approximate surface area is 162 Å². The minimum Gasteiger partial charge on any atom is -0.507 e. The smallest absolute Gasteiger partial charge is 0.258 e. The van der Waals surface area contributed by atoms with E-state index in [1.54, 1.807) is 11.9 Å². The van der Waals surface area contributed by atoms with Crippen LogP contribution in [0.1, 0.15) is 63.8 Å². The van der Waals surface area contributed by atoms with Crippen molar-refractivity contribution in [3.05, 3.63) is 58.7 Å². The summed E-state index contributed by atoms with van der Waals surface area (Å²) in [5, 5.41) is 10.9. The number of nitrogens with zero attached hydrogens (tertiary/aromatic N) is 1. The molecule has 0 unspecified atom stereocenters. The third-order valence-corrected chi connectivity index (χ3v) is 5.15. The quantitative estimate of drug-likeness (QED) is 0.679. The number of hydrogen-bond donors (Lipinski definition) is 1. The molecule has 0 saturated carbocycles. The van der Waals surface area contributed by atoms with Crippen molar-refractivity contribution in [1.29, 1.82) is 0 Å². The van der Waals surface area contributed by atoms with Crippen LogP contribution in [0.25, 0.3) is 11.6 Å². The van der Waals surface area contributed by atoms with Gasteiger partial charge in [-0.2, -0.15) is 0 Å². The second kappa shape index (κ2) is 6.26. The molecule has 3 nitrogen and oxygen atoms in total. The molecule has 0 bridgehead atoms. The van der Waals surface area contributed by atoms with Crippen LogP contribution in [0, 0.1) is 0 Å². The predicted octanol–water partition coefficient (Wildman–Crippen LogP) is 5.50. The van der Waals surface area contributed by atoms with E-state index >= 15 is 0 Å². The van der Waals surface area contributed by atoms with Crippen LogP contribution in [0.15, 0.2) is 36.4 Å². The van der Waals surface area contributed by atoms with E-state index in [9.17, 15) is 9.90 Å². The highest BCUT2D eigenvalue weighted by Gasteiger charge is 2.30. The molecule has 1 aliphatic rings. The summed E-state index contributed by atoms with van der Waals surface area (Å²) in [4.78, 5) is 14.5. The average molecular weight is 364 g/mol. The van der Waals surface area contributed by atoms with Crippen LogP contribution in [-0.2, 0) is 15.6 Å². The number of carbonyl (C=O) groups excluding carboxylic acids is 1. The van der Waals surface area contributed by atoms with Crippen molar-refractivity contribution in [3.8, 4) is 5.75 Å². The molecule has 2 aromatic rings. The zero-order valence-corrected chi connectivity index (χ0v) is 17.3. The third-order valence-electron chi connectivity index (χ3n) is 5.15. The van der Waals surface area contributed by atoms with Crippen molar-refractivity contribution in [2.24, 2.45) is 0 Å². The normalized spacial score (nSPS) is 16.2. The monoisotopic (exact) mass is 363 g/mol. The summed E-state index contributed by atoms with van der Waals surface area (Å²) in [5.74, 6) is 0.353. The van der Waals surface area contributed by atoms with Gasteiger partial charge >= 0.3 is 0 Å². The second-order valence-corrected chi connectivity index (χ2v) is 9.40. The number of phenols is 1. The lowest BCUT2D eigenvalue weighted by Crippen LogP contribution is -2.20. The molecule has 0 fully saturated rings. The number of amides is 1. The van der Waals surface area contributed by atoms with E-state index in [-0.39, 0.29) is 16.7 Å². The van der Waals surface area contributed by atoms with E-state index in [1.165, 1.54) is 0 Å². The van der Waals surface area contributed by atoms with Crippen LogP contribution in [0.4, 0.5) is 5.69 Å². The molecule has 3 heteroatoms. The molecule has 0 saturated heterocycles. The van der Waals surface area contributed by atoms with E-state index in [0.29, 0.717) is 11.3 Å². The van der Waals surface area contributed by atoms with Crippen molar-refractivity contribution in [1.82, 2.24) is 0 Å². The predicted molar refractivity (Wildman–Crippen MR) is 113 cm³/mol. The summed E-state index contributed by atoms with van der Waals surface area (Å²) in [5.41, 5.74) is 4.91. The summed E-state index contributed by atoms with van der Waals surface area (Å²) >= 11 is 0. The third kappa shape index (κ3) is 3.39. The summed E-state index contributed by atoms with van der Waals surface area (Å²) in [6.07, 6.45) is 1.95. The summed E-state index contributed by atoms with van der Waals surface area (Å²) in [7, 11) is 1.81. The van der Waals surface area contributed by atoms with Gasteiger partial charge in [-0.3, -0.25) is 4.79 Å². The zero-order chi connectivity index (χ0) is 20.1. The van der Waals surface area contributed by atoms with E-state index in [1.807, 2.05) is 42.5 Å². The van der Waals surface area contributed by atoms with Gasteiger partial charge in [0.1, 0.15) is 5.75 Å². The van der Waals surface area contributed by atoms with Crippen molar-refractivity contribution < 1.29 is 9.90 Å². The number of para-hydroxylation sites is 1. The van der Waals surface area contributed by atoms with E-state index < -0.39 is 0 Å². The number of aromatic hydroxyl groups is 1. The standard InChI is InChI=1S/C24H29NO2/c1-23(2,3)18-13-15(14-19(21(18)26)24(4,5)6)12-17-16-10-8-9-11-20(16)25(7)22(17)27/h8-14,26H,1-7H3/b17-12-. The maximum atomic E-state index is 12.8. The van der Waals surface area contributed by atoms with Crippen LogP contribution >= 0.6 is 0 Å². The summed E-state index contributed by atoms with van der Waals surface area (Å²) in [6, 6.07) is 11.9. The first-order chi connectivity index (χ1) is 12.4. The molecule has 27 heavy (non-hydrogen) atoms. The van der Waals surface area contributed by atoms with Crippen molar-refractivity contribution >= 4 is 23.2 Å². The molecule has 0 radical (unpaired) electrons. The average Bonchev–Trinajstić information content (AvgIpc) is 2.79. The number of carbonyl (C=O) groups is 1. The number of benzene rings is 2. The summed E-state index contributed by atoms with van der Waals surface area (Å²) < 4.78 is 0. The molecular weight excluding hydrogens is 334 g/mol. The lowest BCUT2D eigenvalue weighted by atomic mass is 9.78. The molecule has 3 rings (SSSR count). The molecule has 1 N–H and O–H groups in total. The van der Waals surface area contributed by atoms with Gasteiger partial charge in [-0.05, 0) is 40.7 Å². The van der Waals surface area contributed by atoms with Gasteiger partial charge in [-0.25, -0.2) is 0 Å². The first-order valence-corrected chi connectivity index (χ1v) is 9.38. The van der Waals surface area contributed by atoms with Crippen LogP contribution in [0.5, 0.6) is 5.75 Å². The van der Waals surface area contributed by atoms with Gasteiger partial charge < -0.3 is 10.0 Å². The first-order valence-electron chi connectivity index (χ1n) is 9.38. The van der Waals surface area contributed by atoms with Crippen LogP contribution < -0.4 is 4.90 Å². The van der Waals surface area contributed by atoms with E-state index in [0.717, 1.165) is 27.9 Å². The van der Waals surface area contributed by atoms with Gasteiger partial charge in [0.15, 0.2) is 0 Å². The minimum absolute atomic E-state index is 0.00103. The highest BCUT2D eigenvalue weighted by Crippen LogP contribution is 2.42. The Balaban J connectivity index is 2.24. The SMILES string of the molecule is CN1C(=O)/C(=C\c2cc(C(C)(C)C)c(O)c(C(C)(C)C)c2)c2ccccc21. The van der Waals surface area contributed by atoms with Crippen LogP contribution in [0.2, 0.25) is 0 Å². The highest BCUT2D eigenvalue weighted by molar-refractivity contribution is 6.35. The molecule has 1 amide bonds.